The van der Waals surface area contributed by atoms with Crippen LogP contribution < -0.4 is 0 Å². The Balaban J connectivity index is 2.48. The minimum Gasteiger partial charge on any atom is -0.382 e. The molecule has 0 fully saturated rings. The fourth-order valence-corrected chi connectivity index (χ4v) is 1.88. The molecule has 1 N–H and O–H groups in total. The molecule has 2 rings (SSSR count). The van der Waals surface area contributed by atoms with Crippen molar-refractivity contribution < 1.29 is 13.9 Å². The Kier molecular flexibility index (Phi) is 3.43. The molecule has 96 valence electrons. The van der Waals surface area contributed by atoms with E-state index in [2.05, 4.69) is 4.98 Å². The second-order valence-corrected chi connectivity index (χ2v) is 4.36. The molecule has 0 aliphatic rings. The van der Waals surface area contributed by atoms with Gasteiger partial charge in [0.25, 0.3) is 0 Å². The zero-order valence-electron chi connectivity index (χ0n) is 10.1. The largest absolute Gasteiger partial charge is 0.382 e. The molecule has 1 heterocycles. The van der Waals surface area contributed by atoms with Gasteiger partial charge in [-0.05, 0) is 26.0 Å². The highest BCUT2D eigenvalue weighted by Gasteiger charge is 2.23. The van der Waals surface area contributed by atoms with E-state index in [1.54, 1.807) is 4.57 Å². The van der Waals surface area contributed by atoms with Gasteiger partial charge in [0.1, 0.15) is 17.7 Å². The summed E-state index contributed by atoms with van der Waals surface area (Å²) in [6.45, 7) is 3.80. The lowest BCUT2D eigenvalue weighted by Gasteiger charge is -2.17. The van der Waals surface area contributed by atoms with Crippen molar-refractivity contribution >= 4 is 0 Å². The average molecular weight is 252 g/mol. The van der Waals surface area contributed by atoms with Gasteiger partial charge in [-0.1, -0.05) is 6.07 Å². The number of hydrogen-bond donors (Lipinski definition) is 1. The molecule has 1 atom stereocenters. The fourth-order valence-electron chi connectivity index (χ4n) is 1.88. The van der Waals surface area contributed by atoms with E-state index in [0.717, 1.165) is 12.1 Å². The molecule has 0 bridgehead atoms. The number of benzene rings is 1. The quantitative estimate of drug-likeness (QED) is 0.912. The number of halogens is 2. The Labute approximate surface area is 104 Å². The van der Waals surface area contributed by atoms with Crippen molar-refractivity contribution in [3.63, 3.8) is 0 Å². The maximum absolute atomic E-state index is 13.6. The molecule has 3 nitrogen and oxygen atoms in total. The predicted molar refractivity (Wildman–Crippen MR) is 63.0 cm³/mol. The SMILES string of the molecule is CC(C)n1cncc1C(O)c1c(F)cccc1F. The smallest absolute Gasteiger partial charge is 0.132 e. The molecule has 0 saturated heterocycles. The van der Waals surface area contributed by atoms with Crippen molar-refractivity contribution in [2.45, 2.75) is 26.0 Å². The third kappa shape index (κ3) is 2.13. The lowest BCUT2D eigenvalue weighted by atomic mass is 10.1. The molecule has 5 heteroatoms. The molecule has 0 amide bonds. The van der Waals surface area contributed by atoms with Gasteiger partial charge in [0, 0.05) is 6.04 Å². The number of rotatable bonds is 3. The zero-order chi connectivity index (χ0) is 13.3. The highest BCUT2D eigenvalue weighted by molar-refractivity contribution is 5.28. The van der Waals surface area contributed by atoms with Crippen molar-refractivity contribution in [1.82, 2.24) is 9.55 Å². The van der Waals surface area contributed by atoms with Gasteiger partial charge < -0.3 is 9.67 Å². The first-order valence-corrected chi connectivity index (χ1v) is 5.66. The minimum atomic E-state index is -1.36. The van der Waals surface area contributed by atoms with E-state index < -0.39 is 17.7 Å². The van der Waals surface area contributed by atoms with Gasteiger partial charge >= 0.3 is 0 Å². The summed E-state index contributed by atoms with van der Waals surface area (Å²) in [5.41, 5.74) is 0.0221. The highest BCUT2D eigenvalue weighted by Crippen LogP contribution is 2.27. The molecule has 1 aromatic heterocycles. The molecule has 0 spiro atoms. The molecule has 0 aliphatic carbocycles. The molecule has 18 heavy (non-hydrogen) atoms. The molecule has 0 saturated carbocycles. The van der Waals surface area contributed by atoms with Crippen LogP contribution in [0.15, 0.2) is 30.7 Å². The van der Waals surface area contributed by atoms with Crippen LogP contribution in [-0.4, -0.2) is 14.7 Å². The van der Waals surface area contributed by atoms with Crippen LogP contribution in [0.25, 0.3) is 0 Å². The molecule has 1 aromatic carbocycles. The summed E-state index contributed by atoms with van der Waals surface area (Å²) in [5.74, 6) is -1.53. The molecular weight excluding hydrogens is 238 g/mol. The van der Waals surface area contributed by atoms with Gasteiger partial charge in [-0.3, -0.25) is 0 Å². The highest BCUT2D eigenvalue weighted by atomic mass is 19.1. The van der Waals surface area contributed by atoms with E-state index in [4.69, 9.17) is 0 Å². The maximum Gasteiger partial charge on any atom is 0.132 e. The Morgan fingerprint density at radius 3 is 2.39 bits per heavy atom. The average Bonchev–Trinajstić information content (AvgIpc) is 2.77. The van der Waals surface area contributed by atoms with Crippen LogP contribution >= 0.6 is 0 Å². The number of aliphatic hydroxyl groups is 1. The van der Waals surface area contributed by atoms with E-state index in [0.29, 0.717) is 5.69 Å². The first kappa shape index (κ1) is 12.7. The van der Waals surface area contributed by atoms with Crippen molar-refractivity contribution in [2.75, 3.05) is 0 Å². The summed E-state index contributed by atoms with van der Waals surface area (Å²) in [6.07, 6.45) is 1.58. The third-order valence-corrected chi connectivity index (χ3v) is 2.81. The van der Waals surface area contributed by atoms with E-state index >= 15 is 0 Å². The van der Waals surface area contributed by atoms with E-state index in [1.807, 2.05) is 13.8 Å². The number of hydrogen-bond acceptors (Lipinski definition) is 2. The number of aromatic nitrogens is 2. The van der Waals surface area contributed by atoms with Gasteiger partial charge in [-0.15, -0.1) is 0 Å². The molecule has 1 unspecified atom stereocenters. The first-order chi connectivity index (χ1) is 8.52. The monoisotopic (exact) mass is 252 g/mol. The molecule has 0 aliphatic heterocycles. The molecule has 2 aromatic rings. The summed E-state index contributed by atoms with van der Waals surface area (Å²) in [7, 11) is 0. The second-order valence-electron chi connectivity index (χ2n) is 4.36. The maximum atomic E-state index is 13.6. The Bertz CT molecular complexity index is 531. The first-order valence-electron chi connectivity index (χ1n) is 5.66. The third-order valence-electron chi connectivity index (χ3n) is 2.81. The lowest BCUT2D eigenvalue weighted by molar-refractivity contribution is 0.197. The van der Waals surface area contributed by atoms with Crippen molar-refractivity contribution in [3.05, 3.63) is 53.6 Å². The van der Waals surface area contributed by atoms with Crippen molar-refractivity contribution in [2.24, 2.45) is 0 Å². The van der Waals surface area contributed by atoms with Crippen molar-refractivity contribution in [3.8, 4) is 0 Å². The van der Waals surface area contributed by atoms with Gasteiger partial charge in [0.15, 0.2) is 0 Å². The Morgan fingerprint density at radius 1 is 1.22 bits per heavy atom. The summed E-state index contributed by atoms with van der Waals surface area (Å²) in [5, 5.41) is 10.1. The lowest BCUT2D eigenvalue weighted by Crippen LogP contribution is -2.12. The number of nitrogens with zero attached hydrogens (tertiary/aromatic N) is 2. The molecular formula is C13H14F2N2O. The standard InChI is InChI=1S/C13H14F2N2O/c1-8(2)17-7-16-6-11(17)13(18)12-9(14)4-3-5-10(12)15/h3-8,13,18H,1-2H3. The summed E-state index contributed by atoms with van der Waals surface area (Å²) < 4.78 is 28.9. The van der Waals surface area contributed by atoms with Crippen LogP contribution in [0, 0.1) is 11.6 Å². The van der Waals surface area contributed by atoms with Gasteiger partial charge in [0.05, 0.1) is 23.8 Å². The number of imidazole rings is 1. The van der Waals surface area contributed by atoms with Crippen LogP contribution in [0.1, 0.15) is 37.3 Å². The number of aliphatic hydroxyl groups excluding tert-OH is 1. The zero-order valence-corrected chi connectivity index (χ0v) is 10.1. The van der Waals surface area contributed by atoms with E-state index in [-0.39, 0.29) is 11.6 Å². The summed E-state index contributed by atoms with van der Waals surface area (Å²) in [6, 6.07) is 3.56. The summed E-state index contributed by atoms with van der Waals surface area (Å²) in [4.78, 5) is 3.91. The van der Waals surface area contributed by atoms with E-state index in [9.17, 15) is 13.9 Å². The van der Waals surface area contributed by atoms with Crippen LogP contribution in [0.4, 0.5) is 8.78 Å². The Morgan fingerprint density at radius 2 is 1.83 bits per heavy atom. The molecule has 0 radical (unpaired) electrons. The van der Waals surface area contributed by atoms with Gasteiger partial charge in [0.2, 0.25) is 0 Å². The normalized spacial score (nSPS) is 13.0. The Hall–Kier alpha value is -1.75. The van der Waals surface area contributed by atoms with Gasteiger partial charge in [-0.2, -0.15) is 0 Å². The van der Waals surface area contributed by atoms with Crippen LogP contribution in [0.2, 0.25) is 0 Å². The summed E-state index contributed by atoms with van der Waals surface area (Å²) >= 11 is 0. The predicted octanol–water partition coefficient (Wildman–Crippen LogP) is 2.82. The fraction of sp³-hybridized carbons (Fsp3) is 0.308. The minimum absolute atomic E-state index is 0.0481. The van der Waals surface area contributed by atoms with Crippen LogP contribution in [0.5, 0.6) is 0 Å². The van der Waals surface area contributed by atoms with Crippen LogP contribution in [-0.2, 0) is 0 Å². The van der Waals surface area contributed by atoms with Crippen LogP contribution in [0.3, 0.4) is 0 Å². The van der Waals surface area contributed by atoms with Crippen molar-refractivity contribution in [1.29, 1.82) is 0 Å². The van der Waals surface area contributed by atoms with Gasteiger partial charge in [-0.25, -0.2) is 13.8 Å². The second kappa shape index (κ2) is 4.86. The van der Waals surface area contributed by atoms with E-state index in [1.165, 1.54) is 18.6 Å². The topological polar surface area (TPSA) is 38.0 Å².